The average Bonchev–Trinajstić information content (AvgIpc) is 2.92. The highest BCUT2D eigenvalue weighted by molar-refractivity contribution is 7.92. The molecule has 1 fully saturated rings. The number of ether oxygens (including phenoxy) is 1. The Morgan fingerprint density at radius 1 is 1.35 bits per heavy atom. The Bertz CT molecular complexity index is 616. The molecule has 2 aliphatic rings. The van der Waals surface area contributed by atoms with E-state index in [-0.39, 0.29) is 5.78 Å². The number of nitrogens with one attached hydrogen (secondary N) is 1. The molecule has 17 heavy (non-hydrogen) atoms. The van der Waals surface area contributed by atoms with Crippen LogP contribution in [0.4, 0.5) is 5.69 Å². The van der Waals surface area contributed by atoms with E-state index in [9.17, 15) is 13.2 Å². The van der Waals surface area contributed by atoms with Gasteiger partial charge in [0.2, 0.25) is 15.8 Å². The first-order valence-corrected chi connectivity index (χ1v) is 7.14. The van der Waals surface area contributed by atoms with Crippen LogP contribution in [-0.4, -0.2) is 26.1 Å². The summed E-state index contributed by atoms with van der Waals surface area (Å²) in [5, 5.41) is 0. The van der Waals surface area contributed by atoms with Crippen LogP contribution in [0.15, 0.2) is 18.2 Å². The fraction of sp³-hybridized carbons (Fsp3) is 0.364. The number of carbonyl (C=O) groups excluding carboxylic acids is 1. The molecule has 0 amide bonds. The minimum absolute atomic E-state index is 0.0374. The monoisotopic (exact) mass is 253 g/mol. The Kier molecular flexibility index (Phi) is 1.87. The van der Waals surface area contributed by atoms with E-state index in [0.717, 1.165) is 19.1 Å². The first kappa shape index (κ1) is 10.6. The maximum absolute atomic E-state index is 12.0. The van der Waals surface area contributed by atoms with Crippen molar-refractivity contribution >= 4 is 21.5 Å². The quantitative estimate of drug-likeness (QED) is 0.858. The Morgan fingerprint density at radius 3 is 2.65 bits per heavy atom. The van der Waals surface area contributed by atoms with Gasteiger partial charge in [0.1, 0.15) is 5.75 Å². The van der Waals surface area contributed by atoms with Crippen LogP contribution in [0.5, 0.6) is 5.75 Å². The predicted molar refractivity (Wildman–Crippen MR) is 61.8 cm³/mol. The van der Waals surface area contributed by atoms with Crippen molar-refractivity contribution in [2.45, 2.75) is 18.4 Å². The lowest BCUT2D eigenvalue weighted by Crippen LogP contribution is -2.21. The predicted octanol–water partition coefficient (Wildman–Crippen LogP) is 1.17. The molecule has 5 nitrogen and oxygen atoms in total. The number of hydrogen-bond acceptors (Lipinski definition) is 4. The van der Waals surface area contributed by atoms with E-state index in [2.05, 4.69) is 4.72 Å². The molecule has 90 valence electrons. The molecule has 0 unspecified atom stereocenters. The maximum Gasteiger partial charge on any atom is 0.229 e. The standard InChI is InChI=1S/C11H11NO4S/c1-17(14,15)12-7-2-3-9-8(6-7)10(13)11(16-9)4-5-11/h2-3,6,12H,4-5H2,1H3. The van der Waals surface area contributed by atoms with Gasteiger partial charge in [-0.05, 0) is 31.0 Å². The lowest BCUT2D eigenvalue weighted by molar-refractivity contribution is 0.0820. The molecule has 1 spiro atoms. The van der Waals surface area contributed by atoms with E-state index in [4.69, 9.17) is 4.74 Å². The third-order valence-electron chi connectivity index (χ3n) is 2.95. The van der Waals surface area contributed by atoms with Crippen molar-refractivity contribution in [3.8, 4) is 5.75 Å². The molecule has 6 heteroatoms. The van der Waals surface area contributed by atoms with Crippen LogP contribution in [0.3, 0.4) is 0 Å². The molecule has 1 N–H and O–H groups in total. The van der Waals surface area contributed by atoms with Crippen molar-refractivity contribution in [3.63, 3.8) is 0 Å². The molecule has 0 aromatic heterocycles. The minimum Gasteiger partial charge on any atom is -0.478 e. The number of rotatable bonds is 2. The van der Waals surface area contributed by atoms with E-state index in [0.29, 0.717) is 17.0 Å². The second-order valence-electron chi connectivity index (χ2n) is 4.51. The van der Waals surface area contributed by atoms with E-state index in [1.807, 2.05) is 0 Å². The highest BCUT2D eigenvalue weighted by Gasteiger charge is 2.57. The molecule has 1 aliphatic carbocycles. The van der Waals surface area contributed by atoms with E-state index >= 15 is 0 Å². The topological polar surface area (TPSA) is 72.5 Å². The van der Waals surface area contributed by atoms with Crippen molar-refractivity contribution in [2.75, 3.05) is 11.0 Å². The summed E-state index contributed by atoms with van der Waals surface area (Å²) >= 11 is 0. The van der Waals surface area contributed by atoms with Gasteiger partial charge in [0.05, 0.1) is 11.8 Å². The summed E-state index contributed by atoms with van der Waals surface area (Å²) in [7, 11) is -3.33. The molecule has 0 bridgehead atoms. The summed E-state index contributed by atoms with van der Waals surface area (Å²) in [4.78, 5) is 12.0. The summed E-state index contributed by atoms with van der Waals surface area (Å²) < 4.78 is 30.1. The van der Waals surface area contributed by atoms with Crippen LogP contribution in [0, 0.1) is 0 Å². The fourth-order valence-corrected chi connectivity index (χ4v) is 2.57. The zero-order valence-electron chi connectivity index (χ0n) is 9.19. The second kappa shape index (κ2) is 3.01. The van der Waals surface area contributed by atoms with E-state index in [1.54, 1.807) is 12.1 Å². The van der Waals surface area contributed by atoms with Gasteiger partial charge in [-0.25, -0.2) is 8.42 Å². The van der Waals surface area contributed by atoms with Gasteiger partial charge in [0.25, 0.3) is 0 Å². The Hall–Kier alpha value is -1.56. The van der Waals surface area contributed by atoms with Gasteiger partial charge in [-0.1, -0.05) is 0 Å². The lowest BCUT2D eigenvalue weighted by Gasteiger charge is -2.05. The summed E-state index contributed by atoms with van der Waals surface area (Å²) in [6.45, 7) is 0. The van der Waals surface area contributed by atoms with Crippen LogP contribution >= 0.6 is 0 Å². The number of carbonyl (C=O) groups is 1. The summed E-state index contributed by atoms with van der Waals surface area (Å²) in [6, 6.07) is 4.76. The van der Waals surface area contributed by atoms with Gasteiger partial charge >= 0.3 is 0 Å². The largest absolute Gasteiger partial charge is 0.478 e. The molecule has 1 heterocycles. The third kappa shape index (κ3) is 1.68. The summed E-state index contributed by atoms with van der Waals surface area (Å²) in [5.74, 6) is 0.510. The van der Waals surface area contributed by atoms with Crippen molar-refractivity contribution < 1.29 is 17.9 Å². The fourth-order valence-electron chi connectivity index (χ4n) is 2.02. The van der Waals surface area contributed by atoms with Crippen LogP contribution < -0.4 is 9.46 Å². The molecule has 0 radical (unpaired) electrons. The van der Waals surface area contributed by atoms with Gasteiger partial charge in [-0.15, -0.1) is 0 Å². The first-order valence-electron chi connectivity index (χ1n) is 5.25. The number of Topliss-reactive ketones (excluding diaryl/α,β-unsaturated/α-hetero) is 1. The molecule has 1 saturated carbocycles. The highest BCUT2D eigenvalue weighted by Crippen LogP contribution is 2.50. The molecular weight excluding hydrogens is 242 g/mol. The molecular formula is C11H11NO4S. The van der Waals surface area contributed by atoms with Crippen LogP contribution in [-0.2, 0) is 10.0 Å². The van der Waals surface area contributed by atoms with Gasteiger partial charge in [-0.3, -0.25) is 9.52 Å². The number of benzene rings is 1. The molecule has 0 saturated heterocycles. The molecule has 0 atom stereocenters. The Labute approximate surface area is 98.8 Å². The van der Waals surface area contributed by atoms with Crippen molar-refractivity contribution in [1.29, 1.82) is 0 Å². The first-order chi connectivity index (χ1) is 7.90. The van der Waals surface area contributed by atoms with Crippen molar-refractivity contribution in [3.05, 3.63) is 23.8 Å². The van der Waals surface area contributed by atoms with Crippen molar-refractivity contribution in [2.24, 2.45) is 0 Å². The average molecular weight is 253 g/mol. The Morgan fingerprint density at radius 2 is 2.06 bits per heavy atom. The lowest BCUT2D eigenvalue weighted by atomic mass is 10.1. The van der Waals surface area contributed by atoms with Crippen LogP contribution in [0.1, 0.15) is 23.2 Å². The molecule has 1 aromatic carbocycles. The Balaban J connectivity index is 1.99. The normalized spacial score (nSPS) is 19.9. The van der Waals surface area contributed by atoms with E-state index in [1.165, 1.54) is 6.07 Å². The van der Waals surface area contributed by atoms with E-state index < -0.39 is 15.6 Å². The number of hydrogen-bond donors (Lipinski definition) is 1. The van der Waals surface area contributed by atoms with Gasteiger partial charge < -0.3 is 4.74 Å². The number of sulfonamides is 1. The minimum atomic E-state index is -3.33. The smallest absolute Gasteiger partial charge is 0.229 e. The third-order valence-corrected chi connectivity index (χ3v) is 3.56. The summed E-state index contributed by atoms with van der Waals surface area (Å²) in [5.41, 5.74) is 0.225. The van der Waals surface area contributed by atoms with Crippen LogP contribution in [0.25, 0.3) is 0 Å². The number of fused-ring (bicyclic) bond motifs is 1. The molecule has 1 aliphatic heterocycles. The maximum atomic E-state index is 12.0. The second-order valence-corrected chi connectivity index (χ2v) is 6.26. The SMILES string of the molecule is CS(=O)(=O)Nc1ccc2c(c1)C(=O)C1(CC1)O2. The van der Waals surface area contributed by atoms with Gasteiger partial charge in [0.15, 0.2) is 5.60 Å². The molecule has 1 aromatic rings. The number of anilines is 1. The van der Waals surface area contributed by atoms with Gasteiger partial charge in [0, 0.05) is 5.69 Å². The molecule has 3 rings (SSSR count). The highest BCUT2D eigenvalue weighted by atomic mass is 32.2. The van der Waals surface area contributed by atoms with Crippen LogP contribution in [0.2, 0.25) is 0 Å². The summed E-state index contributed by atoms with van der Waals surface area (Å²) in [6.07, 6.45) is 2.56. The number of ketones is 1. The zero-order valence-corrected chi connectivity index (χ0v) is 10.0. The van der Waals surface area contributed by atoms with Gasteiger partial charge in [-0.2, -0.15) is 0 Å². The van der Waals surface area contributed by atoms with Crippen molar-refractivity contribution in [1.82, 2.24) is 0 Å². The zero-order chi connectivity index (χ0) is 12.3.